The van der Waals surface area contributed by atoms with Crippen molar-refractivity contribution in [2.24, 2.45) is 0 Å². The third-order valence-corrected chi connectivity index (χ3v) is 3.48. The second kappa shape index (κ2) is 6.06. The zero-order valence-corrected chi connectivity index (χ0v) is 11.8. The Morgan fingerprint density at radius 2 is 1.75 bits per heavy atom. The summed E-state index contributed by atoms with van der Waals surface area (Å²) in [6, 6.07) is 12.2. The highest BCUT2D eigenvalue weighted by Gasteiger charge is 2.13. The van der Waals surface area contributed by atoms with E-state index in [4.69, 9.17) is 5.73 Å². The highest BCUT2D eigenvalue weighted by atomic mass is 19.1. The molecular weight excluding hydrogens is 253 g/mol. The molecule has 0 saturated heterocycles. The Morgan fingerprint density at radius 1 is 1.10 bits per heavy atom. The molecule has 2 nitrogen and oxygen atoms in total. The van der Waals surface area contributed by atoms with Gasteiger partial charge in [-0.05, 0) is 35.2 Å². The van der Waals surface area contributed by atoms with Crippen LogP contribution in [0.15, 0.2) is 42.5 Å². The molecule has 0 spiro atoms. The summed E-state index contributed by atoms with van der Waals surface area (Å²) in [4.78, 5) is 0. The van der Waals surface area contributed by atoms with E-state index in [9.17, 15) is 9.50 Å². The van der Waals surface area contributed by atoms with E-state index in [1.165, 1.54) is 23.8 Å². The minimum atomic E-state index is -0.796. The monoisotopic (exact) mass is 273 g/mol. The van der Waals surface area contributed by atoms with Crippen molar-refractivity contribution >= 4 is 5.69 Å². The van der Waals surface area contributed by atoms with E-state index >= 15 is 0 Å². The van der Waals surface area contributed by atoms with Gasteiger partial charge in [-0.3, -0.25) is 0 Å². The van der Waals surface area contributed by atoms with Crippen LogP contribution in [0, 0.1) is 5.82 Å². The number of halogens is 1. The molecule has 0 fully saturated rings. The first-order valence-electron chi connectivity index (χ1n) is 6.79. The lowest BCUT2D eigenvalue weighted by Crippen LogP contribution is -2.06. The molecule has 0 amide bonds. The third kappa shape index (κ3) is 3.36. The maximum Gasteiger partial charge on any atom is 0.123 e. The Morgan fingerprint density at radius 3 is 2.35 bits per heavy atom. The molecule has 3 heteroatoms. The van der Waals surface area contributed by atoms with Crippen molar-refractivity contribution in [1.29, 1.82) is 0 Å². The second-order valence-corrected chi connectivity index (χ2v) is 5.39. The fourth-order valence-electron chi connectivity index (χ4n) is 2.21. The van der Waals surface area contributed by atoms with Gasteiger partial charge in [-0.15, -0.1) is 0 Å². The van der Waals surface area contributed by atoms with Crippen molar-refractivity contribution in [3.63, 3.8) is 0 Å². The topological polar surface area (TPSA) is 46.2 Å². The number of aliphatic hydroxyl groups is 1. The molecule has 20 heavy (non-hydrogen) atoms. The minimum absolute atomic E-state index is 0.386. The summed E-state index contributed by atoms with van der Waals surface area (Å²) < 4.78 is 13.2. The van der Waals surface area contributed by atoms with Gasteiger partial charge in [-0.25, -0.2) is 4.39 Å². The molecular formula is C17H20FNO. The molecule has 2 aromatic rings. The molecule has 0 aliphatic carbocycles. The first-order chi connectivity index (χ1) is 9.47. The van der Waals surface area contributed by atoms with Gasteiger partial charge in [0, 0.05) is 17.7 Å². The normalized spacial score (nSPS) is 12.7. The van der Waals surface area contributed by atoms with Gasteiger partial charge >= 0.3 is 0 Å². The standard InChI is InChI=1S/C17H20FNO/c1-11(2)13-5-3-12(4-6-13)9-17(20)15-10-14(18)7-8-16(15)19/h3-8,10-11,17,20H,9,19H2,1-2H3. The number of hydrogen-bond donors (Lipinski definition) is 2. The molecule has 3 N–H and O–H groups in total. The molecule has 2 aromatic carbocycles. The van der Waals surface area contributed by atoms with Crippen LogP contribution < -0.4 is 5.73 Å². The molecule has 0 radical (unpaired) electrons. The zero-order valence-electron chi connectivity index (χ0n) is 11.8. The summed E-state index contributed by atoms with van der Waals surface area (Å²) in [6.45, 7) is 4.27. The summed E-state index contributed by atoms with van der Waals surface area (Å²) in [5.41, 5.74) is 8.90. The Labute approximate surface area is 119 Å². The van der Waals surface area contributed by atoms with E-state index < -0.39 is 6.10 Å². The van der Waals surface area contributed by atoms with Crippen LogP contribution in [-0.2, 0) is 6.42 Å². The van der Waals surface area contributed by atoms with Gasteiger partial charge in [0.25, 0.3) is 0 Å². The molecule has 0 saturated carbocycles. The van der Waals surface area contributed by atoms with Crippen molar-refractivity contribution in [2.45, 2.75) is 32.3 Å². The molecule has 0 aliphatic heterocycles. The predicted molar refractivity (Wildman–Crippen MR) is 80.0 cm³/mol. The summed E-state index contributed by atoms with van der Waals surface area (Å²) >= 11 is 0. The number of hydrogen-bond acceptors (Lipinski definition) is 2. The Bertz CT molecular complexity index is 578. The number of nitrogens with two attached hydrogens (primary N) is 1. The van der Waals surface area contributed by atoms with Crippen LogP contribution in [0.2, 0.25) is 0 Å². The van der Waals surface area contributed by atoms with Crippen LogP contribution in [0.4, 0.5) is 10.1 Å². The summed E-state index contributed by atoms with van der Waals surface area (Å²) in [5.74, 6) is 0.0937. The summed E-state index contributed by atoms with van der Waals surface area (Å²) in [5, 5.41) is 10.2. The van der Waals surface area contributed by atoms with E-state index in [1.807, 2.05) is 12.1 Å². The first-order valence-corrected chi connectivity index (χ1v) is 6.79. The quantitative estimate of drug-likeness (QED) is 0.832. The van der Waals surface area contributed by atoms with Gasteiger partial charge in [0.15, 0.2) is 0 Å². The molecule has 1 atom stereocenters. The lowest BCUT2D eigenvalue weighted by atomic mass is 9.97. The Hall–Kier alpha value is -1.87. The van der Waals surface area contributed by atoms with Gasteiger partial charge in [0.2, 0.25) is 0 Å². The van der Waals surface area contributed by atoms with Gasteiger partial charge < -0.3 is 10.8 Å². The fraction of sp³-hybridized carbons (Fsp3) is 0.294. The average molecular weight is 273 g/mol. The smallest absolute Gasteiger partial charge is 0.123 e. The molecule has 0 aliphatic rings. The largest absolute Gasteiger partial charge is 0.398 e. The number of aliphatic hydroxyl groups excluding tert-OH is 1. The van der Waals surface area contributed by atoms with Crippen LogP contribution in [-0.4, -0.2) is 5.11 Å². The highest BCUT2D eigenvalue weighted by Crippen LogP contribution is 2.25. The van der Waals surface area contributed by atoms with Gasteiger partial charge in [0.05, 0.1) is 6.10 Å². The lowest BCUT2D eigenvalue weighted by molar-refractivity contribution is 0.179. The van der Waals surface area contributed by atoms with Gasteiger partial charge in [-0.2, -0.15) is 0 Å². The van der Waals surface area contributed by atoms with E-state index in [0.29, 0.717) is 23.6 Å². The van der Waals surface area contributed by atoms with E-state index in [-0.39, 0.29) is 5.82 Å². The van der Waals surface area contributed by atoms with Gasteiger partial charge in [0.1, 0.15) is 5.82 Å². The zero-order chi connectivity index (χ0) is 14.7. The van der Waals surface area contributed by atoms with Crippen LogP contribution in [0.1, 0.15) is 42.6 Å². The fourth-order valence-corrected chi connectivity index (χ4v) is 2.21. The first kappa shape index (κ1) is 14.5. The van der Waals surface area contributed by atoms with Crippen LogP contribution in [0.3, 0.4) is 0 Å². The minimum Gasteiger partial charge on any atom is -0.398 e. The molecule has 0 aromatic heterocycles. The Kier molecular flexibility index (Phi) is 4.40. The second-order valence-electron chi connectivity index (χ2n) is 5.39. The number of benzene rings is 2. The maximum absolute atomic E-state index is 13.2. The van der Waals surface area contributed by atoms with Crippen molar-refractivity contribution in [3.8, 4) is 0 Å². The van der Waals surface area contributed by atoms with Crippen molar-refractivity contribution in [1.82, 2.24) is 0 Å². The van der Waals surface area contributed by atoms with Crippen LogP contribution in [0.25, 0.3) is 0 Å². The van der Waals surface area contributed by atoms with Crippen LogP contribution in [0.5, 0.6) is 0 Å². The average Bonchev–Trinajstić information content (AvgIpc) is 2.42. The third-order valence-electron chi connectivity index (χ3n) is 3.48. The van der Waals surface area contributed by atoms with Crippen molar-refractivity contribution < 1.29 is 9.50 Å². The molecule has 0 bridgehead atoms. The Balaban J connectivity index is 2.14. The maximum atomic E-state index is 13.2. The van der Waals surface area contributed by atoms with Crippen LogP contribution >= 0.6 is 0 Å². The molecule has 0 heterocycles. The van der Waals surface area contributed by atoms with E-state index in [0.717, 1.165) is 5.56 Å². The van der Waals surface area contributed by atoms with Crippen molar-refractivity contribution in [2.75, 3.05) is 5.73 Å². The molecule has 1 unspecified atom stereocenters. The van der Waals surface area contributed by atoms with E-state index in [1.54, 1.807) is 0 Å². The number of nitrogen functional groups attached to an aromatic ring is 1. The van der Waals surface area contributed by atoms with E-state index in [2.05, 4.69) is 26.0 Å². The SMILES string of the molecule is CC(C)c1ccc(CC(O)c2cc(F)ccc2N)cc1. The predicted octanol–water partition coefficient (Wildman–Crippen LogP) is 3.81. The highest BCUT2D eigenvalue weighted by molar-refractivity contribution is 5.48. The summed E-state index contributed by atoms with van der Waals surface area (Å²) in [6.07, 6.45) is -0.373. The molecule has 106 valence electrons. The summed E-state index contributed by atoms with van der Waals surface area (Å²) in [7, 11) is 0. The number of anilines is 1. The lowest BCUT2D eigenvalue weighted by Gasteiger charge is -2.14. The van der Waals surface area contributed by atoms with Crippen molar-refractivity contribution in [3.05, 3.63) is 65.0 Å². The number of rotatable bonds is 4. The van der Waals surface area contributed by atoms with Gasteiger partial charge in [-0.1, -0.05) is 38.1 Å². The molecule has 2 rings (SSSR count).